The van der Waals surface area contributed by atoms with Crippen LogP contribution in [0.5, 0.6) is 0 Å². The molecule has 0 aliphatic rings. The summed E-state index contributed by atoms with van der Waals surface area (Å²) in [6.45, 7) is 8.62. The Kier molecular flexibility index (Phi) is 12.1. The second-order valence-electron chi connectivity index (χ2n) is 5.31. The number of carbonyl (C=O) groups is 1. The van der Waals surface area contributed by atoms with Crippen LogP contribution >= 0.6 is 0 Å². The zero-order valence-corrected chi connectivity index (χ0v) is 14.7. The Morgan fingerprint density at radius 1 is 1.00 bits per heavy atom. The molecule has 0 N–H and O–H groups in total. The molecule has 0 saturated carbocycles. The van der Waals surface area contributed by atoms with E-state index in [0.29, 0.717) is 59.2 Å². The number of hydrogen-bond donors (Lipinski definition) is 0. The van der Waals surface area contributed by atoms with Crippen LogP contribution in [-0.4, -0.2) is 67.0 Å². The van der Waals surface area contributed by atoms with Crippen molar-refractivity contribution in [2.75, 3.05) is 46.2 Å². The summed E-state index contributed by atoms with van der Waals surface area (Å²) in [6.07, 6.45) is 3.30. The van der Waals surface area contributed by atoms with E-state index in [1.54, 1.807) is 11.6 Å². The van der Waals surface area contributed by atoms with Crippen molar-refractivity contribution in [3.63, 3.8) is 0 Å². The summed E-state index contributed by atoms with van der Waals surface area (Å²) in [4.78, 5) is 10.8. The molecular weight excluding hydrogens is 314 g/mol. The molecule has 0 aliphatic heterocycles. The van der Waals surface area contributed by atoms with Gasteiger partial charge in [0.05, 0.1) is 59.0 Å². The molecule has 0 saturated heterocycles. The summed E-state index contributed by atoms with van der Waals surface area (Å²) in [5.41, 5.74) is 0.769. The Morgan fingerprint density at radius 2 is 1.67 bits per heavy atom. The van der Waals surface area contributed by atoms with E-state index in [0.717, 1.165) is 18.7 Å². The van der Waals surface area contributed by atoms with Gasteiger partial charge in [-0.25, -0.2) is 4.68 Å². The third kappa shape index (κ3) is 11.2. The van der Waals surface area contributed by atoms with Gasteiger partial charge in [0, 0.05) is 13.0 Å². The predicted octanol–water partition coefficient (Wildman–Crippen LogP) is 1.23. The molecule has 0 aliphatic carbocycles. The molecule has 1 rings (SSSR count). The van der Waals surface area contributed by atoms with E-state index in [9.17, 15) is 4.79 Å². The fourth-order valence-corrected chi connectivity index (χ4v) is 1.75. The highest BCUT2D eigenvalue weighted by Crippen LogP contribution is 1.97. The highest BCUT2D eigenvalue weighted by Gasteiger charge is 2.01. The summed E-state index contributed by atoms with van der Waals surface area (Å²) >= 11 is 0. The van der Waals surface area contributed by atoms with Crippen molar-refractivity contribution in [2.45, 2.75) is 39.8 Å². The van der Waals surface area contributed by atoms with Crippen LogP contribution in [0.25, 0.3) is 0 Å². The second-order valence-corrected chi connectivity index (χ2v) is 5.31. The molecule has 0 amide bonds. The van der Waals surface area contributed by atoms with Gasteiger partial charge in [0.15, 0.2) is 0 Å². The number of hydrogen-bond acceptors (Lipinski definition) is 7. The van der Waals surface area contributed by atoms with E-state index in [4.69, 9.17) is 18.9 Å². The number of aromatic nitrogens is 3. The van der Waals surface area contributed by atoms with E-state index in [1.807, 2.05) is 6.20 Å². The lowest BCUT2D eigenvalue weighted by Crippen LogP contribution is -2.09. The average Bonchev–Trinajstić information content (AvgIpc) is 3.00. The number of carbonyl (C=O) groups excluding carboxylic acids is 1. The van der Waals surface area contributed by atoms with Gasteiger partial charge in [0.25, 0.3) is 0 Å². The number of ether oxygens (including phenoxy) is 4. The third-order valence-electron chi connectivity index (χ3n) is 2.99. The standard InChI is InChI=1S/C16H29N3O5/c1-3-6-21-9-10-23-11-12-24-14-16-13-19(18-17-16)5-8-22-7-4-15(2)20/h13H,3-12,14H2,1-2H3. The minimum Gasteiger partial charge on any atom is -0.379 e. The highest BCUT2D eigenvalue weighted by molar-refractivity contribution is 5.75. The summed E-state index contributed by atoms with van der Waals surface area (Å²) in [7, 11) is 0. The Bertz CT molecular complexity index is 439. The lowest BCUT2D eigenvalue weighted by Gasteiger charge is -2.05. The Balaban J connectivity index is 1.97. The van der Waals surface area contributed by atoms with Gasteiger partial charge < -0.3 is 18.9 Å². The van der Waals surface area contributed by atoms with Crippen molar-refractivity contribution in [3.05, 3.63) is 11.9 Å². The summed E-state index contributed by atoms with van der Waals surface area (Å²) in [6, 6.07) is 0. The van der Waals surface area contributed by atoms with Crippen LogP contribution in [0.4, 0.5) is 0 Å². The van der Waals surface area contributed by atoms with Crippen LogP contribution in [0.3, 0.4) is 0 Å². The lowest BCUT2D eigenvalue weighted by molar-refractivity contribution is -0.118. The quantitative estimate of drug-likeness (QED) is 0.417. The zero-order chi connectivity index (χ0) is 17.5. The van der Waals surface area contributed by atoms with Crippen molar-refractivity contribution in [1.82, 2.24) is 15.0 Å². The summed E-state index contributed by atoms with van der Waals surface area (Å²) in [5.74, 6) is 0.132. The maximum Gasteiger partial charge on any atom is 0.132 e. The Hall–Kier alpha value is -1.35. The molecule has 8 heteroatoms. The van der Waals surface area contributed by atoms with Crippen LogP contribution in [0, 0.1) is 0 Å². The van der Waals surface area contributed by atoms with E-state index < -0.39 is 0 Å². The first-order valence-corrected chi connectivity index (χ1v) is 8.41. The van der Waals surface area contributed by atoms with Gasteiger partial charge in [0.1, 0.15) is 11.5 Å². The molecule has 1 aromatic heterocycles. The van der Waals surface area contributed by atoms with Crippen LogP contribution < -0.4 is 0 Å². The van der Waals surface area contributed by atoms with Gasteiger partial charge in [-0.1, -0.05) is 12.1 Å². The molecule has 24 heavy (non-hydrogen) atoms. The van der Waals surface area contributed by atoms with Gasteiger partial charge >= 0.3 is 0 Å². The normalized spacial score (nSPS) is 11.1. The van der Waals surface area contributed by atoms with Crippen LogP contribution in [0.1, 0.15) is 32.4 Å². The van der Waals surface area contributed by atoms with Crippen LogP contribution in [0.15, 0.2) is 6.20 Å². The SMILES string of the molecule is CCCOCCOCCOCc1cn(CCOCCC(C)=O)nn1. The molecule has 0 bridgehead atoms. The smallest absolute Gasteiger partial charge is 0.132 e. The zero-order valence-electron chi connectivity index (χ0n) is 14.7. The summed E-state index contributed by atoms with van der Waals surface area (Å²) in [5, 5.41) is 8.03. The van der Waals surface area contributed by atoms with Gasteiger partial charge in [-0.2, -0.15) is 0 Å². The summed E-state index contributed by atoms with van der Waals surface area (Å²) < 4.78 is 23.2. The van der Waals surface area contributed by atoms with Gasteiger partial charge in [-0.3, -0.25) is 4.79 Å². The first-order valence-electron chi connectivity index (χ1n) is 8.41. The molecular formula is C16H29N3O5. The monoisotopic (exact) mass is 343 g/mol. The predicted molar refractivity (Wildman–Crippen MR) is 87.7 cm³/mol. The topological polar surface area (TPSA) is 84.7 Å². The van der Waals surface area contributed by atoms with Crippen LogP contribution in [-0.2, 0) is 36.9 Å². The van der Waals surface area contributed by atoms with E-state index in [-0.39, 0.29) is 5.78 Å². The molecule has 0 unspecified atom stereocenters. The van der Waals surface area contributed by atoms with E-state index in [1.165, 1.54) is 0 Å². The molecule has 1 aromatic rings. The second kappa shape index (κ2) is 14.0. The van der Waals surface area contributed by atoms with Crippen molar-refractivity contribution in [3.8, 4) is 0 Å². The first-order chi connectivity index (χ1) is 11.7. The Morgan fingerprint density at radius 3 is 2.38 bits per heavy atom. The maximum absolute atomic E-state index is 10.8. The highest BCUT2D eigenvalue weighted by atomic mass is 16.5. The molecule has 8 nitrogen and oxygen atoms in total. The minimum absolute atomic E-state index is 0.132. The average molecular weight is 343 g/mol. The van der Waals surface area contributed by atoms with Gasteiger partial charge in [-0.15, -0.1) is 5.10 Å². The van der Waals surface area contributed by atoms with Crippen molar-refractivity contribution in [2.24, 2.45) is 0 Å². The molecule has 0 spiro atoms. The molecule has 0 aromatic carbocycles. The number of nitrogens with zero attached hydrogens (tertiary/aromatic N) is 3. The number of rotatable bonds is 16. The lowest BCUT2D eigenvalue weighted by atomic mass is 10.3. The van der Waals surface area contributed by atoms with Crippen LogP contribution in [0.2, 0.25) is 0 Å². The molecule has 0 fully saturated rings. The molecule has 0 radical (unpaired) electrons. The first kappa shape index (κ1) is 20.7. The maximum atomic E-state index is 10.8. The van der Waals surface area contributed by atoms with Gasteiger partial charge in [0.2, 0.25) is 0 Å². The third-order valence-corrected chi connectivity index (χ3v) is 2.99. The molecule has 1 heterocycles. The Labute approximate surface area is 143 Å². The van der Waals surface area contributed by atoms with E-state index in [2.05, 4.69) is 17.2 Å². The molecule has 138 valence electrons. The van der Waals surface area contributed by atoms with Crippen molar-refractivity contribution in [1.29, 1.82) is 0 Å². The minimum atomic E-state index is 0.132. The largest absolute Gasteiger partial charge is 0.379 e. The number of ketones is 1. The van der Waals surface area contributed by atoms with Crippen molar-refractivity contribution < 1.29 is 23.7 Å². The van der Waals surface area contributed by atoms with E-state index >= 15 is 0 Å². The van der Waals surface area contributed by atoms with Crippen molar-refractivity contribution >= 4 is 5.78 Å². The fraction of sp³-hybridized carbons (Fsp3) is 0.812. The number of Topliss-reactive ketones (excluding diaryl/α,β-unsaturated/α-hetero) is 1. The molecule has 0 atom stereocenters. The van der Waals surface area contributed by atoms with Gasteiger partial charge in [-0.05, 0) is 13.3 Å². The fourth-order valence-electron chi connectivity index (χ4n) is 1.75.